The highest BCUT2D eigenvalue weighted by molar-refractivity contribution is 6.00. The summed E-state index contributed by atoms with van der Waals surface area (Å²) in [4.78, 5) is 34.6. The Morgan fingerprint density at radius 1 is 1.10 bits per heavy atom. The van der Waals surface area contributed by atoms with Crippen LogP contribution in [-0.4, -0.2) is 24.3 Å². The van der Waals surface area contributed by atoms with Crippen LogP contribution in [0.2, 0.25) is 0 Å². The maximum atomic E-state index is 11.8. The molecule has 1 aromatic rings. The zero-order chi connectivity index (χ0) is 15.0. The lowest BCUT2D eigenvalue weighted by atomic mass is 10.2. The van der Waals surface area contributed by atoms with Gasteiger partial charge in [-0.2, -0.15) is 0 Å². The maximum absolute atomic E-state index is 11.8. The standard InChI is InChI=1S/C15H18O5/c1-3-19-14(17)9-13(11(2)16)15(18)20-10-12-7-5-4-6-8-12/h4-8,13H,3,9-10H2,1-2H3/i11+1,13+1. The van der Waals surface area contributed by atoms with Gasteiger partial charge in [-0.05, 0) is 19.4 Å². The second-order valence-electron chi connectivity index (χ2n) is 4.27. The van der Waals surface area contributed by atoms with Crippen LogP contribution in [0.1, 0.15) is 25.8 Å². The van der Waals surface area contributed by atoms with E-state index in [0.29, 0.717) is 0 Å². The molecule has 0 fully saturated rings. The molecule has 0 aliphatic heterocycles. The zero-order valence-corrected chi connectivity index (χ0v) is 11.6. The average molecular weight is 280 g/mol. The summed E-state index contributed by atoms with van der Waals surface area (Å²) in [6.07, 6.45) is -0.281. The molecule has 0 N–H and O–H groups in total. The monoisotopic (exact) mass is 280 g/mol. The Kier molecular flexibility index (Phi) is 6.43. The Morgan fingerprint density at radius 2 is 1.75 bits per heavy atom. The highest BCUT2D eigenvalue weighted by Crippen LogP contribution is 2.11. The number of ketones is 1. The molecule has 0 heterocycles. The SMILES string of the molecule is CCOC(=O)C[13CH](C(=O)OCc1ccccc1)[13C](C)=O. The van der Waals surface area contributed by atoms with Crippen LogP contribution in [0.4, 0.5) is 0 Å². The van der Waals surface area contributed by atoms with E-state index in [9.17, 15) is 14.4 Å². The molecule has 0 bridgehead atoms. The fourth-order valence-electron chi connectivity index (χ4n) is 1.61. The number of hydrogen-bond acceptors (Lipinski definition) is 5. The van der Waals surface area contributed by atoms with Crippen molar-refractivity contribution < 1.29 is 23.9 Å². The molecule has 1 unspecified atom stereocenters. The summed E-state index contributed by atoms with van der Waals surface area (Å²) in [6.45, 7) is 3.21. The molecule has 0 radical (unpaired) electrons. The third-order valence-corrected chi connectivity index (χ3v) is 2.68. The lowest BCUT2D eigenvalue weighted by molar-refractivity contribution is -0.158. The zero-order valence-electron chi connectivity index (χ0n) is 11.6. The molecule has 0 aliphatic carbocycles. The largest absolute Gasteiger partial charge is 0.466 e. The second kappa shape index (κ2) is 8.09. The van der Waals surface area contributed by atoms with Crippen LogP contribution < -0.4 is 0 Å². The van der Waals surface area contributed by atoms with E-state index in [-0.39, 0.29) is 19.6 Å². The Bertz CT molecular complexity index is 466. The number of hydrogen-bond donors (Lipinski definition) is 0. The van der Waals surface area contributed by atoms with Gasteiger partial charge in [0.1, 0.15) is 18.3 Å². The van der Waals surface area contributed by atoms with E-state index in [1.165, 1.54) is 6.92 Å². The van der Waals surface area contributed by atoms with Crippen molar-refractivity contribution in [3.8, 4) is 0 Å². The van der Waals surface area contributed by atoms with Crippen molar-refractivity contribution in [2.45, 2.75) is 26.9 Å². The van der Waals surface area contributed by atoms with Gasteiger partial charge < -0.3 is 9.47 Å². The van der Waals surface area contributed by atoms with Crippen molar-refractivity contribution in [3.05, 3.63) is 35.9 Å². The van der Waals surface area contributed by atoms with Crippen molar-refractivity contribution in [1.29, 1.82) is 0 Å². The Balaban J connectivity index is 2.56. The summed E-state index contributed by atoms with van der Waals surface area (Å²) < 4.78 is 9.80. The molecule has 0 saturated heterocycles. The van der Waals surface area contributed by atoms with Gasteiger partial charge in [0, 0.05) is 0 Å². The molecule has 108 valence electrons. The molecule has 0 saturated carbocycles. The minimum atomic E-state index is -1.10. The van der Waals surface area contributed by atoms with E-state index in [0.717, 1.165) is 5.56 Å². The van der Waals surface area contributed by atoms with Crippen molar-refractivity contribution in [2.24, 2.45) is 5.92 Å². The lowest BCUT2D eigenvalue weighted by Crippen LogP contribution is -2.27. The Labute approximate surface area is 117 Å². The van der Waals surface area contributed by atoms with Gasteiger partial charge in [-0.1, -0.05) is 30.3 Å². The molecule has 0 spiro atoms. The molecular weight excluding hydrogens is 262 g/mol. The number of carbonyl (C=O) groups excluding carboxylic acids is 3. The first-order chi connectivity index (χ1) is 9.54. The minimum Gasteiger partial charge on any atom is -0.466 e. The fourth-order valence-corrected chi connectivity index (χ4v) is 1.61. The number of benzene rings is 1. The smallest absolute Gasteiger partial charge is 0.317 e. The molecular formula is C15H18O5. The molecule has 5 heteroatoms. The first-order valence-corrected chi connectivity index (χ1v) is 6.41. The molecule has 20 heavy (non-hydrogen) atoms. The minimum absolute atomic E-state index is 0.0757. The maximum Gasteiger partial charge on any atom is 0.317 e. The van der Waals surface area contributed by atoms with E-state index in [2.05, 4.69) is 0 Å². The van der Waals surface area contributed by atoms with Crippen LogP contribution in [0.25, 0.3) is 0 Å². The normalized spacial score (nSPS) is 11.5. The van der Waals surface area contributed by atoms with Gasteiger partial charge in [-0.3, -0.25) is 14.4 Å². The van der Waals surface area contributed by atoms with Gasteiger partial charge in [0.2, 0.25) is 0 Å². The number of esters is 2. The van der Waals surface area contributed by atoms with Crippen molar-refractivity contribution in [2.75, 3.05) is 6.61 Å². The number of rotatable bonds is 7. The summed E-state index contributed by atoms with van der Waals surface area (Å²) in [5.74, 6) is -2.78. The fraction of sp³-hybridized carbons (Fsp3) is 0.400. The third-order valence-electron chi connectivity index (χ3n) is 2.68. The molecule has 1 atom stereocenters. The van der Waals surface area contributed by atoms with Gasteiger partial charge in [-0.15, -0.1) is 0 Å². The van der Waals surface area contributed by atoms with Crippen LogP contribution in [-0.2, 0) is 30.5 Å². The van der Waals surface area contributed by atoms with Gasteiger partial charge >= 0.3 is 11.9 Å². The van der Waals surface area contributed by atoms with E-state index in [1.807, 2.05) is 18.2 Å². The molecule has 1 aromatic carbocycles. The summed E-state index contributed by atoms with van der Waals surface area (Å²) >= 11 is 0. The first kappa shape index (κ1) is 15.9. The number of Topliss-reactive ketones (excluding diaryl/α,β-unsaturated/α-hetero) is 1. The highest BCUT2D eigenvalue weighted by Gasteiger charge is 2.28. The Morgan fingerprint density at radius 3 is 2.30 bits per heavy atom. The summed E-state index contributed by atoms with van der Waals surface area (Å²) in [5.41, 5.74) is 0.819. The van der Waals surface area contributed by atoms with E-state index < -0.39 is 23.6 Å². The summed E-state index contributed by atoms with van der Waals surface area (Å²) in [7, 11) is 0. The predicted octanol–water partition coefficient (Wildman–Crippen LogP) is 1.89. The lowest BCUT2D eigenvalue weighted by Gasteiger charge is -2.12. The van der Waals surface area contributed by atoms with Crippen LogP contribution in [0, 0.1) is 5.92 Å². The first-order valence-electron chi connectivity index (χ1n) is 6.41. The number of carbonyl (C=O) groups is 3. The molecule has 5 nitrogen and oxygen atoms in total. The van der Waals surface area contributed by atoms with Gasteiger partial charge in [-0.25, -0.2) is 0 Å². The van der Waals surface area contributed by atoms with Crippen molar-refractivity contribution >= 4 is 17.7 Å². The van der Waals surface area contributed by atoms with E-state index in [4.69, 9.17) is 9.47 Å². The van der Waals surface area contributed by atoms with Crippen molar-refractivity contribution in [1.82, 2.24) is 0 Å². The van der Waals surface area contributed by atoms with Crippen LogP contribution >= 0.6 is 0 Å². The van der Waals surface area contributed by atoms with Crippen molar-refractivity contribution in [3.63, 3.8) is 0 Å². The number of ether oxygens (including phenoxy) is 2. The molecule has 1 rings (SSSR count). The Hall–Kier alpha value is -2.17. The van der Waals surface area contributed by atoms with Crippen LogP contribution in [0.5, 0.6) is 0 Å². The van der Waals surface area contributed by atoms with Gasteiger partial charge in [0.25, 0.3) is 0 Å². The highest BCUT2D eigenvalue weighted by atomic mass is 16.5. The second-order valence-corrected chi connectivity index (χ2v) is 4.27. The third kappa shape index (κ3) is 5.22. The summed E-state index contributed by atoms with van der Waals surface area (Å²) in [6, 6.07) is 9.11. The predicted molar refractivity (Wildman–Crippen MR) is 71.7 cm³/mol. The van der Waals surface area contributed by atoms with Gasteiger partial charge in [0.05, 0.1) is 13.0 Å². The van der Waals surface area contributed by atoms with E-state index >= 15 is 0 Å². The molecule has 0 amide bonds. The van der Waals surface area contributed by atoms with Gasteiger partial charge in [0.15, 0.2) is 0 Å². The molecule has 0 aromatic heterocycles. The topological polar surface area (TPSA) is 69.7 Å². The summed E-state index contributed by atoms with van der Waals surface area (Å²) in [5, 5.41) is 0. The quantitative estimate of drug-likeness (QED) is 0.433. The molecule has 0 aliphatic rings. The van der Waals surface area contributed by atoms with Crippen LogP contribution in [0.3, 0.4) is 0 Å². The average Bonchev–Trinajstić information content (AvgIpc) is 2.43. The van der Waals surface area contributed by atoms with E-state index in [1.54, 1.807) is 19.1 Å². The van der Waals surface area contributed by atoms with Crippen LogP contribution in [0.15, 0.2) is 30.3 Å².